The number of thioether (sulfide) groups is 1. The molecule has 1 amide bonds. The van der Waals surface area contributed by atoms with Gasteiger partial charge in [-0.3, -0.25) is 4.79 Å². The average Bonchev–Trinajstić information content (AvgIpc) is 2.02. The first-order valence-electron chi connectivity index (χ1n) is 4.98. The fourth-order valence-electron chi connectivity index (χ4n) is 1.66. The van der Waals surface area contributed by atoms with Gasteiger partial charge in [-0.1, -0.05) is 0 Å². The quantitative estimate of drug-likeness (QED) is 0.676. The van der Waals surface area contributed by atoms with Gasteiger partial charge in [-0.15, -0.1) is 0 Å². The monoisotopic (exact) mass is 200 g/mol. The summed E-state index contributed by atoms with van der Waals surface area (Å²) in [6, 6.07) is 0.547. The number of rotatable bonds is 2. The minimum atomic E-state index is 0.106. The van der Waals surface area contributed by atoms with Crippen molar-refractivity contribution < 1.29 is 4.79 Å². The van der Waals surface area contributed by atoms with Crippen molar-refractivity contribution in [3.63, 3.8) is 0 Å². The van der Waals surface area contributed by atoms with Crippen molar-refractivity contribution >= 4 is 17.7 Å². The average molecular weight is 200 g/mol. The third kappa shape index (κ3) is 2.38. The number of hydrogen-bond acceptors (Lipinski definition) is 3. The Hall–Kier alpha value is -0.220. The molecule has 13 heavy (non-hydrogen) atoms. The second-order valence-corrected chi connectivity index (χ2v) is 4.92. The molecule has 0 saturated carbocycles. The summed E-state index contributed by atoms with van der Waals surface area (Å²) >= 11 is 1.99. The van der Waals surface area contributed by atoms with Crippen molar-refractivity contribution in [1.82, 2.24) is 10.6 Å². The fourth-order valence-corrected chi connectivity index (χ4v) is 2.76. The highest BCUT2D eigenvalue weighted by Gasteiger charge is 2.26. The molecule has 0 spiro atoms. The van der Waals surface area contributed by atoms with E-state index in [1.54, 1.807) is 0 Å². The SMILES string of the molecule is O=C(NC1CCSCC1)[C@H]1CCN1. The molecule has 0 unspecified atom stereocenters. The Morgan fingerprint density at radius 2 is 2.00 bits per heavy atom. The maximum absolute atomic E-state index is 11.5. The van der Waals surface area contributed by atoms with Crippen LogP contribution >= 0.6 is 11.8 Å². The topological polar surface area (TPSA) is 41.1 Å². The van der Waals surface area contributed by atoms with Crippen molar-refractivity contribution in [1.29, 1.82) is 0 Å². The van der Waals surface area contributed by atoms with E-state index >= 15 is 0 Å². The van der Waals surface area contributed by atoms with Crippen LogP contribution in [-0.2, 0) is 4.79 Å². The lowest BCUT2D eigenvalue weighted by molar-refractivity contribution is -0.125. The van der Waals surface area contributed by atoms with Crippen LogP contribution in [0.4, 0.5) is 0 Å². The van der Waals surface area contributed by atoms with Gasteiger partial charge in [-0.25, -0.2) is 0 Å². The van der Waals surface area contributed by atoms with Crippen LogP contribution in [0.2, 0.25) is 0 Å². The molecule has 2 fully saturated rings. The Morgan fingerprint density at radius 1 is 1.31 bits per heavy atom. The largest absolute Gasteiger partial charge is 0.352 e. The van der Waals surface area contributed by atoms with Crippen LogP contribution in [0.3, 0.4) is 0 Å². The normalized spacial score (nSPS) is 29.4. The molecule has 0 aromatic carbocycles. The van der Waals surface area contributed by atoms with Gasteiger partial charge < -0.3 is 10.6 Å². The van der Waals surface area contributed by atoms with E-state index in [-0.39, 0.29) is 11.9 Å². The maximum Gasteiger partial charge on any atom is 0.237 e. The number of hydrogen-bond donors (Lipinski definition) is 2. The Kier molecular flexibility index (Phi) is 3.11. The fraction of sp³-hybridized carbons (Fsp3) is 0.889. The first-order chi connectivity index (χ1) is 6.36. The first kappa shape index (κ1) is 9.34. The van der Waals surface area contributed by atoms with Gasteiger partial charge in [0, 0.05) is 6.04 Å². The van der Waals surface area contributed by atoms with E-state index < -0.39 is 0 Å². The summed E-state index contributed by atoms with van der Waals surface area (Å²) in [4.78, 5) is 11.5. The van der Waals surface area contributed by atoms with Gasteiger partial charge >= 0.3 is 0 Å². The zero-order valence-corrected chi connectivity index (χ0v) is 8.53. The molecule has 0 aliphatic carbocycles. The number of amides is 1. The lowest BCUT2D eigenvalue weighted by atomic mass is 10.1. The van der Waals surface area contributed by atoms with Crippen LogP contribution in [0.1, 0.15) is 19.3 Å². The van der Waals surface area contributed by atoms with Crippen molar-refractivity contribution in [2.24, 2.45) is 0 Å². The van der Waals surface area contributed by atoms with E-state index in [1.807, 2.05) is 11.8 Å². The summed E-state index contributed by atoms with van der Waals surface area (Å²) in [6.45, 7) is 0.999. The molecule has 2 rings (SSSR count). The van der Waals surface area contributed by atoms with Crippen LogP contribution < -0.4 is 10.6 Å². The Balaban J connectivity index is 1.72. The number of carbonyl (C=O) groups is 1. The lowest BCUT2D eigenvalue weighted by Crippen LogP contribution is -2.55. The minimum absolute atomic E-state index is 0.106. The Labute approximate surface area is 83.0 Å². The summed E-state index contributed by atoms with van der Waals surface area (Å²) in [5, 5.41) is 6.22. The van der Waals surface area contributed by atoms with Crippen molar-refractivity contribution in [2.45, 2.75) is 31.3 Å². The van der Waals surface area contributed by atoms with E-state index in [1.165, 1.54) is 11.5 Å². The van der Waals surface area contributed by atoms with Gasteiger partial charge in [0.25, 0.3) is 0 Å². The summed E-state index contributed by atoms with van der Waals surface area (Å²) in [5.41, 5.74) is 0. The van der Waals surface area contributed by atoms with E-state index in [2.05, 4.69) is 10.6 Å². The highest BCUT2D eigenvalue weighted by Crippen LogP contribution is 2.17. The second kappa shape index (κ2) is 4.33. The Bertz CT molecular complexity index is 188. The highest BCUT2D eigenvalue weighted by molar-refractivity contribution is 7.99. The molecule has 2 saturated heterocycles. The molecular formula is C9H16N2OS. The van der Waals surface area contributed by atoms with Gasteiger partial charge in [0.15, 0.2) is 0 Å². The molecule has 2 aliphatic heterocycles. The molecule has 1 atom stereocenters. The predicted molar refractivity (Wildman–Crippen MR) is 54.9 cm³/mol. The van der Waals surface area contributed by atoms with Crippen LogP contribution in [0.25, 0.3) is 0 Å². The smallest absolute Gasteiger partial charge is 0.237 e. The van der Waals surface area contributed by atoms with Crippen molar-refractivity contribution in [3.8, 4) is 0 Å². The van der Waals surface area contributed by atoms with E-state index in [4.69, 9.17) is 0 Å². The molecular weight excluding hydrogens is 184 g/mol. The molecule has 2 heterocycles. The summed E-state index contributed by atoms with van der Waals surface area (Å²) < 4.78 is 0. The summed E-state index contributed by atoms with van der Waals surface area (Å²) in [5.74, 6) is 2.61. The predicted octanol–water partition coefficient (Wildman–Crippen LogP) is 0.360. The molecule has 0 aromatic heterocycles. The third-order valence-corrected chi connectivity index (χ3v) is 3.76. The van der Waals surface area contributed by atoms with Gasteiger partial charge in [-0.2, -0.15) is 11.8 Å². The van der Waals surface area contributed by atoms with E-state index in [0.29, 0.717) is 6.04 Å². The van der Waals surface area contributed by atoms with Gasteiger partial charge in [0.05, 0.1) is 6.04 Å². The van der Waals surface area contributed by atoms with Gasteiger partial charge in [-0.05, 0) is 37.3 Å². The summed E-state index contributed by atoms with van der Waals surface area (Å²) in [6.07, 6.45) is 3.29. The highest BCUT2D eigenvalue weighted by atomic mass is 32.2. The van der Waals surface area contributed by atoms with Crippen molar-refractivity contribution in [3.05, 3.63) is 0 Å². The molecule has 3 nitrogen and oxygen atoms in total. The molecule has 0 aromatic rings. The van der Waals surface area contributed by atoms with Crippen LogP contribution in [0, 0.1) is 0 Å². The minimum Gasteiger partial charge on any atom is -0.352 e. The molecule has 0 bridgehead atoms. The van der Waals surface area contributed by atoms with Crippen molar-refractivity contribution in [2.75, 3.05) is 18.1 Å². The zero-order chi connectivity index (χ0) is 9.10. The lowest BCUT2D eigenvalue weighted by Gasteiger charge is -2.30. The Morgan fingerprint density at radius 3 is 2.54 bits per heavy atom. The van der Waals surface area contributed by atoms with Crippen LogP contribution in [-0.4, -0.2) is 36.0 Å². The molecule has 2 N–H and O–H groups in total. The second-order valence-electron chi connectivity index (χ2n) is 3.69. The molecule has 74 valence electrons. The van der Waals surface area contributed by atoms with Crippen LogP contribution in [0.5, 0.6) is 0 Å². The molecule has 0 radical (unpaired) electrons. The van der Waals surface area contributed by atoms with Gasteiger partial charge in [0.2, 0.25) is 5.91 Å². The summed E-state index contributed by atoms with van der Waals surface area (Å²) in [7, 11) is 0. The van der Waals surface area contributed by atoms with E-state index in [9.17, 15) is 4.79 Å². The molecule has 4 heteroatoms. The van der Waals surface area contributed by atoms with E-state index in [0.717, 1.165) is 25.8 Å². The third-order valence-electron chi connectivity index (χ3n) is 2.71. The first-order valence-corrected chi connectivity index (χ1v) is 6.13. The standard InChI is InChI=1S/C9H16N2OS/c12-9(8-1-4-10-8)11-7-2-5-13-6-3-7/h7-8,10H,1-6H2,(H,11,12)/t8-/m1/s1. The number of nitrogens with one attached hydrogen (secondary N) is 2. The number of carbonyl (C=O) groups excluding carboxylic acids is 1. The maximum atomic E-state index is 11.5. The zero-order valence-electron chi connectivity index (χ0n) is 7.71. The molecule has 2 aliphatic rings. The van der Waals surface area contributed by atoms with Crippen LogP contribution in [0.15, 0.2) is 0 Å². The van der Waals surface area contributed by atoms with Gasteiger partial charge in [0.1, 0.15) is 0 Å².